The molecule has 0 saturated carbocycles. The minimum Gasteiger partial charge on any atom is -0.340 e. The highest BCUT2D eigenvalue weighted by Gasteiger charge is 2.39. The number of amides is 1. The van der Waals surface area contributed by atoms with Crippen molar-refractivity contribution in [1.82, 2.24) is 15.1 Å². The van der Waals surface area contributed by atoms with Crippen molar-refractivity contribution in [3.63, 3.8) is 0 Å². The van der Waals surface area contributed by atoms with Gasteiger partial charge in [-0.15, -0.1) is 0 Å². The SMILES string of the molecule is CC1CNCC1C(=O)N1CC(C)C(N(C)C)C1. The van der Waals surface area contributed by atoms with Crippen molar-refractivity contribution in [2.75, 3.05) is 40.3 Å². The van der Waals surface area contributed by atoms with Gasteiger partial charge < -0.3 is 15.1 Å². The lowest BCUT2D eigenvalue weighted by Gasteiger charge is -2.24. The molecule has 0 aromatic heterocycles. The van der Waals surface area contributed by atoms with Crippen LogP contribution in [0.25, 0.3) is 0 Å². The number of hydrogen-bond acceptors (Lipinski definition) is 3. The molecule has 0 aliphatic carbocycles. The van der Waals surface area contributed by atoms with Crippen LogP contribution < -0.4 is 5.32 Å². The van der Waals surface area contributed by atoms with Crippen LogP contribution in [-0.2, 0) is 4.79 Å². The molecule has 0 radical (unpaired) electrons. The smallest absolute Gasteiger partial charge is 0.227 e. The minimum absolute atomic E-state index is 0.197. The van der Waals surface area contributed by atoms with Crippen LogP contribution in [0.2, 0.25) is 0 Å². The Morgan fingerprint density at radius 2 is 1.88 bits per heavy atom. The molecular weight excluding hydrogens is 214 g/mol. The van der Waals surface area contributed by atoms with Crippen LogP contribution in [0.5, 0.6) is 0 Å². The average molecular weight is 239 g/mol. The van der Waals surface area contributed by atoms with E-state index in [0.717, 1.165) is 26.2 Å². The first kappa shape index (κ1) is 12.8. The van der Waals surface area contributed by atoms with Crippen LogP contribution >= 0.6 is 0 Å². The van der Waals surface area contributed by atoms with Gasteiger partial charge >= 0.3 is 0 Å². The lowest BCUT2D eigenvalue weighted by molar-refractivity contribution is -0.135. The van der Waals surface area contributed by atoms with E-state index in [4.69, 9.17) is 0 Å². The van der Waals surface area contributed by atoms with Crippen molar-refractivity contribution in [3.05, 3.63) is 0 Å². The van der Waals surface area contributed by atoms with Gasteiger partial charge in [0.15, 0.2) is 0 Å². The van der Waals surface area contributed by atoms with Gasteiger partial charge in [0.1, 0.15) is 0 Å². The molecule has 4 atom stereocenters. The fraction of sp³-hybridized carbons (Fsp3) is 0.923. The Kier molecular flexibility index (Phi) is 3.73. The first-order chi connectivity index (χ1) is 8.00. The molecule has 1 amide bonds. The van der Waals surface area contributed by atoms with Crippen LogP contribution in [0.1, 0.15) is 13.8 Å². The second-order valence-corrected chi connectivity index (χ2v) is 5.99. The third kappa shape index (κ3) is 2.47. The molecule has 2 aliphatic heterocycles. The second kappa shape index (κ2) is 4.94. The lowest BCUT2D eigenvalue weighted by atomic mass is 9.97. The summed E-state index contributed by atoms with van der Waals surface area (Å²) in [4.78, 5) is 16.8. The standard InChI is InChI=1S/C13H25N3O/c1-9-5-14-6-11(9)13(17)16-7-10(2)12(8-16)15(3)4/h9-12,14H,5-8H2,1-4H3. The van der Waals surface area contributed by atoms with Crippen LogP contribution in [0.4, 0.5) is 0 Å². The fourth-order valence-corrected chi connectivity index (χ4v) is 3.18. The number of carbonyl (C=O) groups is 1. The lowest BCUT2D eigenvalue weighted by Crippen LogP contribution is -2.39. The summed E-state index contributed by atoms with van der Waals surface area (Å²) >= 11 is 0. The number of likely N-dealkylation sites (N-methyl/N-ethyl adjacent to an activating group) is 1. The summed E-state index contributed by atoms with van der Waals surface area (Å²) in [6.07, 6.45) is 0. The number of nitrogens with zero attached hydrogens (tertiary/aromatic N) is 2. The first-order valence-corrected chi connectivity index (χ1v) is 6.66. The summed E-state index contributed by atoms with van der Waals surface area (Å²) < 4.78 is 0. The van der Waals surface area contributed by atoms with Gasteiger partial charge in [-0.1, -0.05) is 13.8 Å². The number of carbonyl (C=O) groups excluding carboxylic acids is 1. The quantitative estimate of drug-likeness (QED) is 0.750. The maximum absolute atomic E-state index is 12.4. The maximum Gasteiger partial charge on any atom is 0.227 e. The highest BCUT2D eigenvalue weighted by molar-refractivity contribution is 5.80. The Labute approximate surface area is 104 Å². The highest BCUT2D eigenvalue weighted by atomic mass is 16.2. The molecule has 4 unspecified atom stereocenters. The molecule has 2 saturated heterocycles. The van der Waals surface area contributed by atoms with Crippen molar-refractivity contribution >= 4 is 5.91 Å². The second-order valence-electron chi connectivity index (χ2n) is 5.99. The predicted molar refractivity (Wildman–Crippen MR) is 68.7 cm³/mol. The monoisotopic (exact) mass is 239 g/mol. The maximum atomic E-state index is 12.4. The third-order valence-electron chi connectivity index (χ3n) is 4.38. The fourth-order valence-electron chi connectivity index (χ4n) is 3.18. The summed E-state index contributed by atoms with van der Waals surface area (Å²) in [5.74, 6) is 1.62. The van der Waals surface area contributed by atoms with Crippen LogP contribution in [0, 0.1) is 17.8 Å². The van der Waals surface area contributed by atoms with E-state index in [1.165, 1.54) is 0 Å². The van der Waals surface area contributed by atoms with Gasteiger partial charge in [0, 0.05) is 25.7 Å². The molecule has 2 heterocycles. The molecule has 0 bridgehead atoms. The van der Waals surface area contributed by atoms with Crippen LogP contribution in [0.3, 0.4) is 0 Å². The largest absolute Gasteiger partial charge is 0.340 e. The molecule has 1 N–H and O–H groups in total. The summed E-state index contributed by atoms with van der Waals surface area (Å²) in [7, 11) is 4.21. The molecule has 2 aliphatic rings. The van der Waals surface area contributed by atoms with E-state index < -0.39 is 0 Å². The normalized spacial score (nSPS) is 38.1. The van der Waals surface area contributed by atoms with E-state index in [0.29, 0.717) is 23.8 Å². The first-order valence-electron chi connectivity index (χ1n) is 6.66. The van der Waals surface area contributed by atoms with E-state index in [1.807, 2.05) is 0 Å². The molecular formula is C13H25N3O. The third-order valence-corrected chi connectivity index (χ3v) is 4.38. The average Bonchev–Trinajstić information content (AvgIpc) is 2.83. The summed E-state index contributed by atoms with van der Waals surface area (Å²) in [6, 6.07) is 0.517. The Balaban J connectivity index is 1.98. The topological polar surface area (TPSA) is 35.6 Å². The predicted octanol–water partition coefficient (Wildman–Crippen LogP) is 0.250. The number of nitrogens with one attached hydrogen (secondary N) is 1. The van der Waals surface area contributed by atoms with Gasteiger partial charge in [0.25, 0.3) is 0 Å². The van der Waals surface area contributed by atoms with E-state index in [-0.39, 0.29) is 5.92 Å². The van der Waals surface area contributed by atoms with E-state index in [9.17, 15) is 4.79 Å². The molecule has 2 fully saturated rings. The Hall–Kier alpha value is -0.610. The molecule has 0 aromatic carbocycles. The van der Waals surface area contributed by atoms with Gasteiger partial charge in [-0.3, -0.25) is 4.79 Å². The molecule has 2 rings (SSSR count). The van der Waals surface area contributed by atoms with E-state index >= 15 is 0 Å². The van der Waals surface area contributed by atoms with Crippen molar-refractivity contribution < 1.29 is 4.79 Å². The van der Waals surface area contributed by atoms with Crippen molar-refractivity contribution in [1.29, 1.82) is 0 Å². The summed E-state index contributed by atoms with van der Waals surface area (Å²) in [5, 5.41) is 3.31. The minimum atomic E-state index is 0.197. The van der Waals surface area contributed by atoms with E-state index in [2.05, 4.69) is 43.1 Å². The molecule has 0 spiro atoms. The summed E-state index contributed by atoms with van der Waals surface area (Å²) in [5.41, 5.74) is 0. The Morgan fingerprint density at radius 3 is 2.35 bits per heavy atom. The molecule has 17 heavy (non-hydrogen) atoms. The van der Waals surface area contributed by atoms with Gasteiger partial charge in [-0.2, -0.15) is 0 Å². The molecule has 4 heteroatoms. The van der Waals surface area contributed by atoms with Gasteiger partial charge in [0.2, 0.25) is 5.91 Å². The highest BCUT2D eigenvalue weighted by Crippen LogP contribution is 2.25. The van der Waals surface area contributed by atoms with Gasteiger partial charge in [-0.25, -0.2) is 0 Å². The molecule has 98 valence electrons. The zero-order valence-corrected chi connectivity index (χ0v) is 11.4. The molecule has 4 nitrogen and oxygen atoms in total. The number of hydrogen-bond donors (Lipinski definition) is 1. The van der Waals surface area contributed by atoms with Gasteiger partial charge in [0.05, 0.1) is 5.92 Å². The van der Waals surface area contributed by atoms with Crippen molar-refractivity contribution in [2.24, 2.45) is 17.8 Å². The zero-order chi connectivity index (χ0) is 12.6. The summed E-state index contributed by atoms with van der Waals surface area (Å²) in [6.45, 7) is 8.08. The Morgan fingerprint density at radius 1 is 1.18 bits per heavy atom. The van der Waals surface area contributed by atoms with Gasteiger partial charge in [-0.05, 0) is 32.5 Å². The van der Waals surface area contributed by atoms with Crippen LogP contribution in [-0.4, -0.2) is 62.0 Å². The Bertz CT molecular complexity index is 292. The van der Waals surface area contributed by atoms with E-state index in [1.54, 1.807) is 0 Å². The zero-order valence-electron chi connectivity index (χ0n) is 11.4. The van der Waals surface area contributed by atoms with Crippen molar-refractivity contribution in [2.45, 2.75) is 19.9 Å². The number of likely N-dealkylation sites (tertiary alicyclic amines) is 1. The number of rotatable bonds is 2. The van der Waals surface area contributed by atoms with Crippen molar-refractivity contribution in [3.8, 4) is 0 Å². The molecule has 0 aromatic rings. The van der Waals surface area contributed by atoms with Crippen LogP contribution in [0.15, 0.2) is 0 Å².